The second-order valence-corrected chi connectivity index (χ2v) is 6.56. The molecule has 1 heterocycles. The number of primary amides is 1. The molecule has 1 aliphatic heterocycles. The van der Waals surface area contributed by atoms with Gasteiger partial charge >= 0.3 is 0 Å². The average molecular weight is 324 g/mol. The van der Waals surface area contributed by atoms with Crippen molar-refractivity contribution in [1.82, 2.24) is 4.90 Å². The normalized spacial score (nSPS) is 15.8. The van der Waals surface area contributed by atoms with E-state index < -0.39 is 11.3 Å². The lowest BCUT2D eigenvalue weighted by Crippen LogP contribution is -2.55. The van der Waals surface area contributed by atoms with Crippen LogP contribution in [-0.2, 0) is 9.59 Å². The summed E-state index contributed by atoms with van der Waals surface area (Å²) in [7, 11) is 0. The van der Waals surface area contributed by atoms with Crippen LogP contribution < -0.4 is 10.6 Å². The minimum absolute atomic E-state index is 0.206. The fourth-order valence-corrected chi connectivity index (χ4v) is 2.76. The summed E-state index contributed by atoms with van der Waals surface area (Å²) in [5.74, 6) is -0.798. The van der Waals surface area contributed by atoms with E-state index in [4.69, 9.17) is 17.3 Å². The van der Waals surface area contributed by atoms with Gasteiger partial charge in [-0.1, -0.05) is 17.7 Å². The summed E-state index contributed by atoms with van der Waals surface area (Å²) in [6.07, 6.45) is 0. The number of nitrogens with zero attached hydrogens (tertiary/aromatic N) is 2. The lowest BCUT2D eigenvalue weighted by molar-refractivity contribution is -0.147. The Labute approximate surface area is 136 Å². The minimum Gasteiger partial charge on any atom is -0.369 e. The van der Waals surface area contributed by atoms with Gasteiger partial charge in [-0.25, -0.2) is 0 Å². The standard InChI is InChI=1S/C16H22ClN3O2/c1-11-12(17)5-4-6-13(11)19-7-9-20(10-8-19)15(22)16(2,3)14(18)21/h4-6H,7-10H2,1-3H3,(H2,18,21). The summed E-state index contributed by atoms with van der Waals surface area (Å²) in [4.78, 5) is 27.8. The molecule has 1 saturated heterocycles. The van der Waals surface area contributed by atoms with E-state index in [2.05, 4.69) is 4.90 Å². The van der Waals surface area contributed by atoms with Crippen LogP contribution in [0.1, 0.15) is 19.4 Å². The van der Waals surface area contributed by atoms with Crippen LogP contribution in [0.2, 0.25) is 5.02 Å². The number of nitrogens with two attached hydrogens (primary N) is 1. The van der Waals surface area contributed by atoms with Crippen molar-refractivity contribution in [3.63, 3.8) is 0 Å². The molecular formula is C16H22ClN3O2. The number of hydrogen-bond acceptors (Lipinski definition) is 3. The van der Waals surface area contributed by atoms with Gasteiger partial charge in [0.1, 0.15) is 5.41 Å². The van der Waals surface area contributed by atoms with Crippen molar-refractivity contribution in [3.8, 4) is 0 Å². The SMILES string of the molecule is Cc1c(Cl)cccc1N1CCN(C(=O)C(C)(C)C(N)=O)CC1. The molecule has 22 heavy (non-hydrogen) atoms. The summed E-state index contributed by atoms with van der Waals surface area (Å²) >= 11 is 6.16. The molecule has 0 spiro atoms. The summed E-state index contributed by atoms with van der Waals surface area (Å²) < 4.78 is 0. The van der Waals surface area contributed by atoms with Crippen LogP contribution in [0.25, 0.3) is 0 Å². The van der Waals surface area contributed by atoms with Crippen molar-refractivity contribution in [1.29, 1.82) is 0 Å². The Bertz CT molecular complexity index is 593. The minimum atomic E-state index is -1.16. The van der Waals surface area contributed by atoms with E-state index in [9.17, 15) is 9.59 Å². The van der Waals surface area contributed by atoms with E-state index in [1.807, 2.05) is 25.1 Å². The molecule has 0 saturated carbocycles. The number of hydrogen-bond donors (Lipinski definition) is 1. The van der Waals surface area contributed by atoms with Crippen molar-refractivity contribution in [2.75, 3.05) is 31.1 Å². The Hall–Kier alpha value is -1.75. The second-order valence-electron chi connectivity index (χ2n) is 6.15. The Morgan fingerprint density at radius 3 is 2.32 bits per heavy atom. The number of halogens is 1. The summed E-state index contributed by atoms with van der Waals surface area (Å²) in [5, 5.41) is 0.742. The molecule has 0 bridgehead atoms. The van der Waals surface area contributed by atoms with Gasteiger partial charge in [0.2, 0.25) is 11.8 Å². The quantitative estimate of drug-likeness (QED) is 0.863. The predicted octanol–water partition coefficient (Wildman–Crippen LogP) is 1.81. The highest BCUT2D eigenvalue weighted by atomic mass is 35.5. The van der Waals surface area contributed by atoms with E-state index in [1.54, 1.807) is 18.7 Å². The maximum absolute atomic E-state index is 12.4. The highest BCUT2D eigenvalue weighted by Crippen LogP contribution is 2.28. The van der Waals surface area contributed by atoms with Gasteiger partial charge < -0.3 is 15.5 Å². The number of piperazine rings is 1. The highest BCUT2D eigenvalue weighted by Gasteiger charge is 2.38. The Balaban J connectivity index is 2.06. The summed E-state index contributed by atoms with van der Waals surface area (Å²) in [6, 6.07) is 5.83. The molecule has 6 heteroatoms. The second kappa shape index (κ2) is 6.16. The number of amides is 2. The molecule has 0 aliphatic carbocycles. The molecule has 0 atom stereocenters. The third kappa shape index (κ3) is 3.04. The first-order valence-electron chi connectivity index (χ1n) is 7.34. The molecule has 1 fully saturated rings. The van der Waals surface area contributed by atoms with E-state index in [1.165, 1.54) is 0 Å². The van der Waals surface area contributed by atoms with Gasteiger partial charge in [-0.2, -0.15) is 0 Å². The Morgan fingerprint density at radius 2 is 1.77 bits per heavy atom. The third-order valence-corrected chi connectivity index (χ3v) is 4.71. The molecule has 0 unspecified atom stereocenters. The molecule has 1 aliphatic rings. The van der Waals surface area contributed by atoms with E-state index in [0.717, 1.165) is 16.3 Å². The number of carbonyl (C=O) groups is 2. The zero-order chi connectivity index (χ0) is 16.5. The molecule has 1 aromatic rings. The Morgan fingerprint density at radius 1 is 1.18 bits per heavy atom. The highest BCUT2D eigenvalue weighted by molar-refractivity contribution is 6.31. The van der Waals surface area contributed by atoms with E-state index >= 15 is 0 Å². The van der Waals surface area contributed by atoms with Crippen LogP contribution in [-0.4, -0.2) is 42.9 Å². The lowest BCUT2D eigenvalue weighted by Gasteiger charge is -2.39. The van der Waals surface area contributed by atoms with Crippen molar-refractivity contribution in [2.24, 2.45) is 11.1 Å². The summed E-state index contributed by atoms with van der Waals surface area (Å²) in [6.45, 7) is 7.70. The first-order valence-corrected chi connectivity index (χ1v) is 7.72. The molecule has 5 nitrogen and oxygen atoms in total. The van der Waals surface area contributed by atoms with Gasteiger partial charge in [0.15, 0.2) is 0 Å². The topological polar surface area (TPSA) is 66.6 Å². The van der Waals surface area contributed by atoms with Crippen LogP contribution in [0.15, 0.2) is 18.2 Å². The fraction of sp³-hybridized carbons (Fsp3) is 0.500. The number of benzene rings is 1. The van der Waals surface area contributed by atoms with Crippen molar-refractivity contribution in [2.45, 2.75) is 20.8 Å². The van der Waals surface area contributed by atoms with Gasteiger partial charge in [-0.15, -0.1) is 0 Å². The average Bonchev–Trinajstić information content (AvgIpc) is 2.49. The maximum Gasteiger partial charge on any atom is 0.237 e. The molecule has 2 rings (SSSR count). The lowest BCUT2D eigenvalue weighted by atomic mass is 9.90. The molecule has 1 aromatic carbocycles. The fourth-order valence-electron chi connectivity index (χ4n) is 2.59. The Kier molecular flexibility index (Phi) is 4.66. The van der Waals surface area contributed by atoms with Gasteiger partial charge in [0, 0.05) is 36.9 Å². The molecule has 120 valence electrons. The first kappa shape index (κ1) is 16.6. The maximum atomic E-state index is 12.4. The zero-order valence-corrected chi connectivity index (χ0v) is 14.0. The molecule has 2 N–H and O–H groups in total. The van der Waals surface area contributed by atoms with Gasteiger partial charge in [-0.3, -0.25) is 9.59 Å². The van der Waals surface area contributed by atoms with Crippen LogP contribution in [0.4, 0.5) is 5.69 Å². The molecule has 0 aromatic heterocycles. The predicted molar refractivity (Wildman–Crippen MR) is 88.0 cm³/mol. The monoisotopic (exact) mass is 323 g/mol. The number of carbonyl (C=O) groups excluding carboxylic acids is 2. The number of anilines is 1. The third-order valence-electron chi connectivity index (χ3n) is 4.30. The van der Waals surface area contributed by atoms with E-state index in [0.29, 0.717) is 26.2 Å². The largest absolute Gasteiger partial charge is 0.369 e. The molecule has 2 amide bonds. The summed E-state index contributed by atoms with van der Waals surface area (Å²) in [5.41, 5.74) is 6.30. The molecular weight excluding hydrogens is 302 g/mol. The first-order chi connectivity index (χ1) is 10.2. The van der Waals surface area contributed by atoms with Crippen molar-refractivity contribution < 1.29 is 9.59 Å². The van der Waals surface area contributed by atoms with Crippen molar-refractivity contribution in [3.05, 3.63) is 28.8 Å². The van der Waals surface area contributed by atoms with Crippen LogP contribution in [0, 0.1) is 12.3 Å². The molecule has 0 radical (unpaired) electrons. The zero-order valence-electron chi connectivity index (χ0n) is 13.2. The number of rotatable bonds is 3. The van der Waals surface area contributed by atoms with Gasteiger partial charge in [0.25, 0.3) is 0 Å². The van der Waals surface area contributed by atoms with E-state index in [-0.39, 0.29) is 5.91 Å². The smallest absolute Gasteiger partial charge is 0.237 e. The van der Waals surface area contributed by atoms with Crippen LogP contribution >= 0.6 is 11.6 Å². The van der Waals surface area contributed by atoms with Crippen LogP contribution in [0.5, 0.6) is 0 Å². The van der Waals surface area contributed by atoms with Gasteiger partial charge in [0.05, 0.1) is 0 Å². The van der Waals surface area contributed by atoms with Gasteiger partial charge in [-0.05, 0) is 38.5 Å². The van der Waals surface area contributed by atoms with Crippen molar-refractivity contribution >= 4 is 29.1 Å². The van der Waals surface area contributed by atoms with Crippen LogP contribution in [0.3, 0.4) is 0 Å².